The molecule has 0 atom stereocenters. The van der Waals surface area contributed by atoms with Crippen LogP contribution in [0, 0.1) is 6.92 Å². The fraction of sp³-hybridized carbons (Fsp3) is 0.111. The third-order valence-corrected chi connectivity index (χ3v) is 3.29. The summed E-state index contributed by atoms with van der Waals surface area (Å²) in [5.41, 5.74) is 3.06. The number of amides is 1. The highest BCUT2D eigenvalue weighted by atomic mass is 16.4. The summed E-state index contributed by atoms with van der Waals surface area (Å²) in [4.78, 5) is 16.3. The summed E-state index contributed by atoms with van der Waals surface area (Å²) in [6, 6.07) is 17.5. The lowest BCUT2D eigenvalue weighted by Crippen LogP contribution is -2.22. The molecule has 0 bridgehead atoms. The van der Waals surface area contributed by atoms with Gasteiger partial charge in [0.1, 0.15) is 0 Å². The topological polar surface area (TPSA) is 55.1 Å². The number of carbonyl (C=O) groups excluding carboxylic acids is 1. The van der Waals surface area contributed by atoms with Gasteiger partial charge in [0, 0.05) is 12.1 Å². The lowest BCUT2D eigenvalue weighted by molar-refractivity contribution is 0.0924. The van der Waals surface area contributed by atoms with Gasteiger partial charge in [0.05, 0.1) is 6.20 Å². The Hall–Kier alpha value is -2.88. The minimum Gasteiger partial charge on any atom is -0.431 e. The van der Waals surface area contributed by atoms with Gasteiger partial charge in [0.2, 0.25) is 11.7 Å². The molecular weight excluding hydrogens is 276 g/mol. The van der Waals surface area contributed by atoms with Gasteiger partial charge in [-0.05, 0) is 24.6 Å². The van der Waals surface area contributed by atoms with E-state index in [2.05, 4.69) is 10.3 Å². The number of aryl methyl sites for hydroxylation is 1. The molecule has 0 spiro atoms. The average molecular weight is 292 g/mol. The second-order valence-corrected chi connectivity index (χ2v) is 5.07. The fourth-order valence-corrected chi connectivity index (χ4v) is 2.18. The number of hydrogen-bond acceptors (Lipinski definition) is 3. The van der Waals surface area contributed by atoms with Crippen LogP contribution in [0.5, 0.6) is 0 Å². The average Bonchev–Trinajstić information content (AvgIpc) is 3.04. The van der Waals surface area contributed by atoms with E-state index in [0.717, 1.165) is 16.7 Å². The number of hydrogen-bond donors (Lipinski definition) is 1. The van der Waals surface area contributed by atoms with Crippen molar-refractivity contribution in [2.24, 2.45) is 0 Å². The van der Waals surface area contributed by atoms with Crippen molar-refractivity contribution in [1.29, 1.82) is 0 Å². The lowest BCUT2D eigenvalue weighted by atomic mass is 10.1. The standard InChI is InChI=1S/C18H16N2O2/c1-13-6-5-7-14(10-13)11-19-17(21)16-12-20-18(22-16)15-8-3-2-4-9-15/h2-10,12H,11H2,1H3,(H,19,21). The Morgan fingerprint density at radius 2 is 1.95 bits per heavy atom. The van der Waals surface area contributed by atoms with Crippen LogP contribution in [0.1, 0.15) is 21.7 Å². The van der Waals surface area contributed by atoms with Gasteiger partial charge in [-0.3, -0.25) is 4.79 Å². The molecule has 0 aliphatic rings. The molecule has 1 N–H and O–H groups in total. The van der Waals surface area contributed by atoms with Crippen LogP contribution in [0.4, 0.5) is 0 Å². The van der Waals surface area contributed by atoms with E-state index in [-0.39, 0.29) is 11.7 Å². The molecule has 0 unspecified atom stereocenters. The first kappa shape index (κ1) is 14.1. The van der Waals surface area contributed by atoms with E-state index in [9.17, 15) is 4.79 Å². The molecule has 0 saturated carbocycles. The number of aromatic nitrogens is 1. The number of nitrogens with one attached hydrogen (secondary N) is 1. The summed E-state index contributed by atoms with van der Waals surface area (Å²) < 4.78 is 5.52. The van der Waals surface area contributed by atoms with Gasteiger partial charge in [-0.15, -0.1) is 0 Å². The van der Waals surface area contributed by atoms with E-state index >= 15 is 0 Å². The predicted octanol–water partition coefficient (Wildman–Crippen LogP) is 3.58. The van der Waals surface area contributed by atoms with Crippen LogP contribution in [0.15, 0.2) is 65.2 Å². The van der Waals surface area contributed by atoms with Gasteiger partial charge >= 0.3 is 0 Å². The number of benzene rings is 2. The van der Waals surface area contributed by atoms with Gasteiger partial charge in [0.25, 0.3) is 5.91 Å². The van der Waals surface area contributed by atoms with Crippen LogP contribution in [-0.4, -0.2) is 10.9 Å². The third-order valence-electron chi connectivity index (χ3n) is 3.29. The summed E-state index contributed by atoms with van der Waals surface area (Å²) >= 11 is 0. The second kappa shape index (κ2) is 6.26. The van der Waals surface area contributed by atoms with Gasteiger partial charge in [0.15, 0.2) is 0 Å². The lowest BCUT2D eigenvalue weighted by Gasteiger charge is -2.04. The van der Waals surface area contributed by atoms with Crippen molar-refractivity contribution in [3.05, 3.63) is 77.7 Å². The van der Waals surface area contributed by atoms with Crippen molar-refractivity contribution < 1.29 is 9.21 Å². The number of nitrogens with zero attached hydrogens (tertiary/aromatic N) is 1. The fourth-order valence-electron chi connectivity index (χ4n) is 2.18. The van der Waals surface area contributed by atoms with E-state index in [1.807, 2.05) is 61.5 Å². The number of rotatable bonds is 4. The first-order chi connectivity index (χ1) is 10.7. The highest BCUT2D eigenvalue weighted by Gasteiger charge is 2.13. The smallest absolute Gasteiger partial charge is 0.288 e. The summed E-state index contributed by atoms with van der Waals surface area (Å²) in [5.74, 6) is 0.393. The maximum Gasteiger partial charge on any atom is 0.288 e. The second-order valence-electron chi connectivity index (χ2n) is 5.07. The Balaban J connectivity index is 1.67. The van der Waals surface area contributed by atoms with Crippen molar-refractivity contribution >= 4 is 5.91 Å². The van der Waals surface area contributed by atoms with Crippen LogP contribution in [0.25, 0.3) is 11.5 Å². The van der Waals surface area contributed by atoms with E-state index in [1.54, 1.807) is 0 Å². The maximum atomic E-state index is 12.1. The first-order valence-electron chi connectivity index (χ1n) is 7.07. The van der Waals surface area contributed by atoms with E-state index < -0.39 is 0 Å². The van der Waals surface area contributed by atoms with Crippen molar-refractivity contribution in [2.75, 3.05) is 0 Å². The summed E-state index contributed by atoms with van der Waals surface area (Å²) in [6.07, 6.45) is 1.45. The quantitative estimate of drug-likeness (QED) is 0.799. The van der Waals surface area contributed by atoms with Crippen molar-refractivity contribution in [2.45, 2.75) is 13.5 Å². The molecule has 0 aliphatic carbocycles. The SMILES string of the molecule is Cc1cccc(CNC(=O)c2cnc(-c3ccccc3)o2)c1. The molecule has 0 aliphatic heterocycles. The van der Waals surface area contributed by atoms with Gasteiger partial charge in [-0.25, -0.2) is 4.98 Å². The van der Waals surface area contributed by atoms with Crippen LogP contribution in [0.2, 0.25) is 0 Å². The zero-order valence-corrected chi connectivity index (χ0v) is 12.2. The molecular formula is C18H16N2O2. The molecule has 110 valence electrons. The van der Waals surface area contributed by atoms with E-state index in [1.165, 1.54) is 6.20 Å². The van der Waals surface area contributed by atoms with Crippen molar-refractivity contribution in [3.63, 3.8) is 0 Å². The zero-order chi connectivity index (χ0) is 15.4. The Bertz CT molecular complexity index is 779. The molecule has 1 heterocycles. The predicted molar refractivity (Wildman–Crippen MR) is 84.3 cm³/mol. The zero-order valence-electron chi connectivity index (χ0n) is 12.2. The summed E-state index contributed by atoms with van der Waals surface area (Å²) in [6.45, 7) is 2.48. The van der Waals surface area contributed by atoms with Gasteiger partial charge in [-0.2, -0.15) is 0 Å². The van der Waals surface area contributed by atoms with E-state index in [4.69, 9.17) is 4.42 Å². The maximum absolute atomic E-state index is 12.1. The molecule has 1 amide bonds. The minimum absolute atomic E-state index is 0.214. The monoisotopic (exact) mass is 292 g/mol. The van der Waals surface area contributed by atoms with Gasteiger partial charge in [-0.1, -0.05) is 48.0 Å². The highest BCUT2D eigenvalue weighted by Crippen LogP contribution is 2.18. The van der Waals surface area contributed by atoms with Crippen LogP contribution in [-0.2, 0) is 6.54 Å². The Morgan fingerprint density at radius 1 is 1.14 bits per heavy atom. The third kappa shape index (κ3) is 3.23. The van der Waals surface area contributed by atoms with Crippen LogP contribution in [0.3, 0.4) is 0 Å². The first-order valence-corrected chi connectivity index (χ1v) is 7.07. The molecule has 3 rings (SSSR count). The molecule has 1 aromatic heterocycles. The molecule has 0 saturated heterocycles. The Kier molecular flexibility index (Phi) is 4.01. The molecule has 3 aromatic rings. The van der Waals surface area contributed by atoms with Gasteiger partial charge < -0.3 is 9.73 Å². The molecule has 2 aromatic carbocycles. The number of carbonyl (C=O) groups is 1. The van der Waals surface area contributed by atoms with E-state index in [0.29, 0.717) is 12.4 Å². The molecule has 0 fully saturated rings. The molecule has 4 nitrogen and oxygen atoms in total. The summed E-state index contributed by atoms with van der Waals surface area (Å²) in [7, 11) is 0. The van der Waals surface area contributed by atoms with Crippen LogP contribution >= 0.6 is 0 Å². The molecule has 4 heteroatoms. The highest BCUT2D eigenvalue weighted by molar-refractivity contribution is 5.91. The van der Waals surface area contributed by atoms with Crippen molar-refractivity contribution in [1.82, 2.24) is 10.3 Å². The number of oxazole rings is 1. The van der Waals surface area contributed by atoms with Crippen LogP contribution < -0.4 is 5.32 Å². The molecule has 0 radical (unpaired) electrons. The normalized spacial score (nSPS) is 10.4. The largest absolute Gasteiger partial charge is 0.431 e. The van der Waals surface area contributed by atoms with Crippen molar-refractivity contribution in [3.8, 4) is 11.5 Å². The summed E-state index contributed by atoms with van der Waals surface area (Å²) in [5, 5.41) is 2.83. The Morgan fingerprint density at radius 3 is 2.73 bits per heavy atom. The minimum atomic E-state index is -0.267. The molecule has 22 heavy (non-hydrogen) atoms. The Labute approximate surface area is 128 Å².